The molecule has 6 heteroatoms. The lowest BCUT2D eigenvalue weighted by molar-refractivity contribution is -0.915. The normalized spacial score (nSPS) is 21.1. The van der Waals surface area contributed by atoms with Gasteiger partial charge in [-0.2, -0.15) is 0 Å². The molecule has 27 heavy (non-hydrogen) atoms. The van der Waals surface area contributed by atoms with Crippen LogP contribution >= 0.6 is 0 Å². The summed E-state index contributed by atoms with van der Waals surface area (Å²) in [6, 6.07) is 16.6. The van der Waals surface area contributed by atoms with E-state index in [2.05, 4.69) is 4.90 Å². The van der Waals surface area contributed by atoms with Gasteiger partial charge >= 0.3 is 0 Å². The minimum absolute atomic E-state index is 0.0445. The van der Waals surface area contributed by atoms with E-state index in [-0.39, 0.29) is 23.6 Å². The highest BCUT2D eigenvalue weighted by molar-refractivity contribution is 6.04. The molecule has 6 nitrogen and oxygen atoms in total. The van der Waals surface area contributed by atoms with E-state index < -0.39 is 0 Å². The number of nitrogens with zero attached hydrogens (tertiary/aromatic N) is 2. The van der Waals surface area contributed by atoms with Crippen molar-refractivity contribution in [1.29, 1.82) is 0 Å². The Morgan fingerprint density at radius 3 is 2.30 bits per heavy atom. The molecule has 0 spiro atoms. The van der Waals surface area contributed by atoms with Crippen LogP contribution in [0, 0.1) is 0 Å². The van der Waals surface area contributed by atoms with Gasteiger partial charge in [0.15, 0.2) is 6.04 Å². The summed E-state index contributed by atoms with van der Waals surface area (Å²) in [5.74, 6) is 0.149. The largest absolute Gasteiger partial charge is 0.508 e. The lowest BCUT2D eigenvalue weighted by atomic mass is 10.1. The average molecular weight is 366 g/mol. The molecule has 0 saturated carbocycles. The summed E-state index contributed by atoms with van der Waals surface area (Å²) in [5.41, 5.74) is 2.05. The molecule has 2 fully saturated rings. The van der Waals surface area contributed by atoms with E-state index in [1.54, 1.807) is 12.1 Å². The Bertz CT molecular complexity index is 814. The molecule has 2 N–H and O–H groups in total. The fourth-order valence-corrected chi connectivity index (χ4v) is 4.00. The smallest absolute Gasteiger partial charge is 0.288 e. The van der Waals surface area contributed by atoms with Crippen molar-refractivity contribution >= 4 is 17.5 Å². The zero-order valence-corrected chi connectivity index (χ0v) is 15.2. The SMILES string of the molecule is O=C1C[C@@H]([NH+]2CCN(c3ccc(O)cc3)CC2)C(=O)N1Cc1ccccc1. The van der Waals surface area contributed by atoms with Gasteiger partial charge in [-0.3, -0.25) is 14.5 Å². The van der Waals surface area contributed by atoms with Gasteiger partial charge in [0.2, 0.25) is 5.91 Å². The van der Waals surface area contributed by atoms with Crippen molar-refractivity contribution in [3.63, 3.8) is 0 Å². The third-order valence-corrected chi connectivity index (χ3v) is 5.54. The van der Waals surface area contributed by atoms with E-state index >= 15 is 0 Å². The number of anilines is 1. The molecule has 2 aromatic carbocycles. The van der Waals surface area contributed by atoms with E-state index in [1.165, 1.54) is 9.80 Å². The van der Waals surface area contributed by atoms with Crippen molar-refractivity contribution in [3.8, 4) is 5.75 Å². The van der Waals surface area contributed by atoms with Gasteiger partial charge < -0.3 is 14.9 Å². The zero-order chi connectivity index (χ0) is 18.8. The topological polar surface area (TPSA) is 65.3 Å². The molecule has 2 aliphatic rings. The zero-order valence-electron chi connectivity index (χ0n) is 15.2. The number of carbonyl (C=O) groups is 2. The van der Waals surface area contributed by atoms with Crippen LogP contribution in [-0.4, -0.2) is 54.0 Å². The van der Waals surface area contributed by atoms with Crippen LogP contribution in [-0.2, 0) is 16.1 Å². The summed E-state index contributed by atoms with van der Waals surface area (Å²) >= 11 is 0. The molecule has 2 aromatic rings. The van der Waals surface area contributed by atoms with Gasteiger partial charge in [-0.05, 0) is 29.8 Å². The van der Waals surface area contributed by atoms with Gasteiger partial charge in [0.25, 0.3) is 5.91 Å². The summed E-state index contributed by atoms with van der Waals surface area (Å²) in [7, 11) is 0. The first-order chi connectivity index (χ1) is 13.1. The Labute approximate surface area is 158 Å². The number of imide groups is 1. The quantitative estimate of drug-likeness (QED) is 0.770. The minimum atomic E-state index is -0.261. The molecule has 2 heterocycles. The number of aromatic hydroxyl groups is 1. The van der Waals surface area contributed by atoms with E-state index in [1.807, 2.05) is 42.5 Å². The Balaban J connectivity index is 1.38. The molecule has 2 saturated heterocycles. The van der Waals surface area contributed by atoms with Gasteiger partial charge in [-0.1, -0.05) is 30.3 Å². The Morgan fingerprint density at radius 1 is 0.963 bits per heavy atom. The van der Waals surface area contributed by atoms with Crippen LogP contribution in [0.4, 0.5) is 5.69 Å². The number of rotatable bonds is 4. The molecule has 4 rings (SSSR count). The molecule has 140 valence electrons. The second-order valence-electron chi connectivity index (χ2n) is 7.22. The number of piperazine rings is 1. The maximum Gasteiger partial charge on any atom is 0.288 e. The van der Waals surface area contributed by atoms with Crippen molar-refractivity contribution in [2.24, 2.45) is 0 Å². The summed E-state index contributed by atoms with van der Waals surface area (Å²) in [6.45, 7) is 3.67. The monoisotopic (exact) mass is 366 g/mol. The van der Waals surface area contributed by atoms with Crippen molar-refractivity contribution < 1.29 is 19.6 Å². The van der Waals surface area contributed by atoms with Crippen LogP contribution < -0.4 is 9.80 Å². The Morgan fingerprint density at radius 2 is 1.63 bits per heavy atom. The predicted molar refractivity (Wildman–Crippen MR) is 101 cm³/mol. The van der Waals surface area contributed by atoms with Crippen molar-refractivity contribution in [2.45, 2.75) is 19.0 Å². The van der Waals surface area contributed by atoms with Crippen LogP contribution in [0.5, 0.6) is 5.75 Å². The first-order valence-corrected chi connectivity index (χ1v) is 9.38. The van der Waals surface area contributed by atoms with Crippen LogP contribution in [0.15, 0.2) is 54.6 Å². The number of benzene rings is 2. The Hall–Kier alpha value is -2.86. The van der Waals surface area contributed by atoms with E-state index in [0.29, 0.717) is 13.0 Å². The molecule has 0 aliphatic carbocycles. The molecule has 2 amide bonds. The highest BCUT2D eigenvalue weighted by Crippen LogP contribution is 2.19. The molecule has 1 atom stereocenters. The number of hydrogen-bond acceptors (Lipinski definition) is 4. The standard InChI is InChI=1S/C21H23N3O3/c25-18-8-6-17(7-9-18)22-10-12-23(13-11-22)19-14-20(26)24(21(19)27)15-16-4-2-1-3-5-16/h1-9,19,25H,10-15H2/p+1/t19-/m1/s1. The summed E-state index contributed by atoms with van der Waals surface area (Å²) in [4.78, 5) is 30.1. The number of hydrogen-bond donors (Lipinski definition) is 2. The third-order valence-electron chi connectivity index (χ3n) is 5.54. The number of likely N-dealkylation sites (tertiary alicyclic amines) is 1. The number of amides is 2. The minimum Gasteiger partial charge on any atom is -0.508 e. The number of quaternary nitrogens is 1. The predicted octanol–water partition coefficient (Wildman–Crippen LogP) is 0.425. The lowest BCUT2D eigenvalue weighted by Crippen LogP contribution is -3.19. The average Bonchev–Trinajstić information content (AvgIpc) is 2.98. The third kappa shape index (κ3) is 3.66. The van der Waals surface area contributed by atoms with E-state index in [9.17, 15) is 14.7 Å². The van der Waals surface area contributed by atoms with Crippen molar-refractivity contribution in [3.05, 3.63) is 60.2 Å². The molecule has 0 aromatic heterocycles. The molecule has 2 aliphatic heterocycles. The summed E-state index contributed by atoms with van der Waals surface area (Å²) in [6.07, 6.45) is 0.306. The first-order valence-electron chi connectivity index (χ1n) is 9.38. The molecule has 0 bridgehead atoms. The first kappa shape index (κ1) is 17.5. The highest BCUT2D eigenvalue weighted by atomic mass is 16.3. The number of nitrogens with one attached hydrogen (secondary N) is 1. The number of carbonyl (C=O) groups excluding carboxylic acids is 2. The summed E-state index contributed by atoms with van der Waals surface area (Å²) in [5, 5.41) is 9.43. The van der Waals surface area contributed by atoms with Crippen LogP contribution in [0.1, 0.15) is 12.0 Å². The van der Waals surface area contributed by atoms with Gasteiger partial charge in [-0.25, -0.2) is 0 Å². The van der Waals surface area contributed by atoms with Crippen LogP contribution in [0.2, 0.25) is 0 Å². The van der Waals surface area contributed by atoms with Gasteiger partial charge in [0.05, 0.1) is 39.1 Å². The highest BCUT2D eigenvalue weighted by Gasteiger charge is 2.45. The summed E-state index contributed by atoms with van der Waals surface area (Å²) < 4.78 is 0. The molecular weight excluding hydrogens is 342 g/mol. The number of phenols is 1. The van der Waals surface area contributed by atoms with Crippen molar-refractivity contribution in [2.75, 3.05) is 31.1 Å². The maximum absolute atomic E-state index is 12.9. The van der Waals surface area contributed by atoms with Crippen LogP contribution in [0.3, 0.4) is 0 Å². The molecule has 0 unspecified atom stereocenters. The molecular formula is C21H24N3O3+. The fourth-order valence-electron chi connectivity index (χ4n) is 4.00. The second kappa shape index (κ2) is 7.40. The Kier molecular flexibility index (Phi) is 4.81. The van der Waals surface area contributed by atoms with E-state index in [0.717, 1.165) is 37.4 Å². The molecule has 0 radical (unpaired) electrons. The fraction of sp³-hybridized carbons (Fsp3) is 0.333. The van der Waals surface area contributed by atoms with Crippen molar-refractivity contribution in [1.82, 2.24) is 4.90 Å². The number of phenolic OH excluding ortho intramolecular Hbond substituents is 1. The van der Waals surface area contributed by atoms with Gasteiger partial charge in [0, 0.05) is 5.69 Å². The lowest BCUT2D eigenvalue weighted by Gasteiger charge is -2.35. The van der Waals surface area contributed by atoms with Crippen LogP contribution in [0.25, 0.3) is 0 Å². The van der Waals surface area contributed by atoms with E-state index in [4.69, 9.17) is 0 Å². The second-order valence-corrected chi connectivity index (χ2v) is 7.22. The maximum atomic E-state index is 12.9. The van der Waals surface area contributed by atoms with Gasteiger partial charge in [0.1, 0.15) is 5.75 Å². The van der Waals surface area contributed by atoms with Gasteiger partial charge in [-0.15, -0.1) is 0 Å².